The van der Waals surface area contributed by atoms with Gasteiger partial charge in [-0.05, 0) is 25.0 Å². The van der Waals surface area contributed by atoms with E-state index < -0.39 is 11.8 Å². The third kappa shape index (κ3) is 4.20. The maximum Gasteiger partial charge on any atom is 0.329 e. The summed E-state index contributed by atoms with van der Waals surface area (Å²) in [5.41, 5.74) is 2.83. The minimum absolute atomic E-state index is 0.133. The summed E-state index contributed by atoms with van der Waals surface area (Å²) in [7, 11) is 3.08. The molecule has 0 radical (unpaired) electrons. The summed E-state index contributed by atoms with van der Waals surface area (Å²) in [6.07, 6.45) is 3.25. The zero-order chi connectivity index (χ0) is 15.2. The summed E-state index contributed by atoms with van der Waals surface area (Å²) in [4.78, 5) is 22.9. The monoisotopic (exact) mass is 291 g/mol. The Morgan fingerprint density at radius 3 is 2.62 bits per heavy atom. The van der Waals surface area contributed by atoms with Crippen molar-refractivity contribution in [3.63, 3.8) is 0 Å². The summed E-state index contributed by atoms with van der Waals surface area (Å²) in [6.45, 7) is 0. The lowest BCUT2D eigenvalue weighted by molar-refractivity contribution is -0.139. The van der Waals surface area contributed by atoms with Gasteiger partial charge in [-0.2, -0.15) is 5.10 Å². The number of nitrogens with one attached hydrogen (secondary N) is 2. The number of hydrazone groups is 1. The Balaban J connectivity index is 1.93. The van der Waals surface area contributed by atoms with E-state index in [9.17, 15) is 9.59 Å². The van der Waals surface area contributed by atoms with Gasteiger partial charge in [0.2, 0.25) is 0 Å². The van der Waals surface area contributed by atoms with Crippen LogP contribution in [0.25, 0.3) is 0 Å². The summed E-state index contributed by atoms with van der Waals surface area (Å²) >= 11 is 0. The van der Waals surface area contributed by atoms with Crippen LogP contribution in [0.1, 0.15) is 18.4 Å². The highest BCUT2D eigenvalue weighted by atomic mass is 16.5. The van der Waals surface area contributed by atoms with Crippen molar-refractivity contribution in [3.8, 4) is 11.5 Å². The SMILES string of the molecule is COc1ccc(/C=N\NC(=O)C(=O)NC2CC2)c(OC)c1. The first-order chi connectivity index (χ1) is 10.1. The van der Waals surface area contributed by atoms with Crippen molar-refractivity contribution in [2.24, 2.45) is 5.10 Å². The molecule has 7 nitrogen and oxygen atoms in total. The van der Waals surface area contributed by atoms with Crippen LogP contribution in [0.4, 0.5) is 0 Å². The molecule has 2 rings (SSSR count). The lowest BCUT2D eigenvalue weighted by Crippen LogP contribution is -2.38. The molecule has 1 fully saturated rings. The maximum atomic E-state index is 11.5. The van der Waals surface area contributed by atoms with Crippen LogP contribution in [-0.2, 0) is 9.59 Å². The van der Waals surface area contributed by atoms with Crippen molar-refractivity contribution in [3.05, 3.63) is 23.8 Å². The van der Waals surface area contributed by atoms with E-state index in [1.165, 1.54) is 13.3 Å². The Bertz CT molecular complexity index is 567. The Labute approximate surface area is 122 Å². The van der Waals surface area contributed by atoms with E-state index in [2.05, 4.69) is 15.8 Å². The first kappa shape index (κ1) is 14.8. The van der Waals surface area contributed by atoms with Gasteiger partial charge in [-0.15, -0.1) is 0 Å². The Morgan fingerprint density at radius 2 is 2.00 bits per heavy atom. The lowest BCUT2D eigenvalue weighted by atomic mass is 10.2. The molecule has 1 aromatic carbocycles. The van der Waals surface area contributed by atoms with Crippen molar-refractivity contribution in [2.45, 2.75) is 18.9 Å². The van der Waals surface area contributed by atoms with Gasteiger partial charge >= 0.3 is 11.8 Å². The fourth-order valence-electron chi connectivity index (χ4n) is 1.61. The van der Waals surface area contributed by atoms with Gasteiger partial charge in [0.15, 0.2) is 0 Å². The highest BCUT2D eigenvalue weighted by Gasteiger charge is 2.26. The van der Waals surface area contributed by atoms with Crippen LogP contribution < -0.4 is 20.2 Å². The molecule has 21 heavy (non-hydrogen) atoms. The van der Waals surface area contributed by atoms with E-state index in [-0.39, 0.29) is 6.04 Å². The Hall–Kier alpha value is -2.57. The number of ether oxygens (including phenoxy) is 2. The number of carbonyl (C=O) groups excluding carboxylic acids is 2. The van der Waals surface area contributed by atoms with Gasteiger partial charge in [0.25, 0.3) is 0 Å². The smallest absolute Gasteiger partial charge is 0.329 e. The average Bonchev–Trinajstić information content (AvgIpc) is 3.31. The number of rotatable bonds is 5. The number of amides is 2. The van der Waals surface area contributed by atoms with Gasteiger partial charge in [0, 0.05) is 17.7 Å². The Morgan fingerprint density at radius 1 is 1.24 bits per heavy atom. The molecule has 0 aromatic heterocycles. The van der Waals surface area contributed by atoms with Crippen molar-refractivity contribution in [2.75, 3.05) is 14.2 Å². The largest absolute Gasteiger partial charge is 0.497 e. The Kier molecular flexibility index (Phi) is 4.76. The number of benzene rings is 1. The minimum Gasteiger partial charge on any atom is -0.497 e. The average molecular weight is 291 g/mol. The normalized spacial score (nSPS) is 13.8. The third-order valence-electron chi connectivity index (χ3n) is 2.93. The number of nitrogens with zero attached hydrogens (tertiary/aromatic N) is 1. The summed E-state index contributed by atoms with van der Waals surface area (Å²) < 4.78 is 10.3. The number of hydrogen-bond acceptors (Lipinski definition) is 5. The summed E-state index contributed by atoms with van der Waals surface area (Å²) in [6, 6.07) is 5.31. The molecule has 1 aliphatic rings. The fourth-order valence-corrected chi connectivity index (χ4v) is 1.61. The third-order valence-corrected chi connectivity index (χ3v) is 2.93. The predicted molar refractivity (Wildman–Crippen MR) is 76.4 cm³/mol. The predicted octanol–water partition coefficient (Wildman–Crippen LogP) is 0.432. The van der Waals surface area contributed by atoms with Crippen LogP contribution in [0.3, 0.4) is 0 Å². The van der Waals surface area contributed by atoms with Crippen LogP contribution in [-0.4, -0.2) is 38.3 Å². The molecule has 7 heteroatoms. The van der Waals surface area contributed by atoms with Crippen molar-refractivity contribution in [1.82, 2.24) is 10.7 Å². The highest BCUT2D eigenvalue weighted by molar-refractivity contribution is 6.35. The van der Waals surface area contributed by atoms with Gasteiger partial charge in [0.1, 0.15) is 11.5 Å². The van der Waals surface area contributed by atoms with E-state index in [0.717, 1.165) is 12.8 Å². The molecule has 0 aliphatic heterocycles. The van der Waals surface area contributed by atoms with Crippen LogP contribution >= 0.6 is 0 Å². The molecule has 0 spiro atoms. The van der Waals surface area contributed by atoms with E-state index in [1.807, 2.05) is 0 Å². The zero-order valence-electron chi connectivity index (χ0n) is 11.9. The molecule has 1 aromatic rings. The van der Waals surface area contributed by atoms with Crippen LogP contribution in [0.2, 0.25) is 0 Å². The van der Waals surface area contributed by atoms with E-state index in [1.54, 1.807) is 25.3 Å². The van der Waals surface area contributed by atoms with Crippen molar-refractivity contribution in [1.29, 1.82) is 0 Å². The molecule has 1 aliphatic carbocycles. The second-order valence-corrected chi connectivity index (χ2v) is 4.55. The molecule has 1 saturated carbocycles. The summed E-state index contributed by atoms with van der Waals surface area (Å²) in [5, 5.41) is 6.32. The highest BCUT2D eigenvalue weighted by Crippen LogP contribution is 2.23. The summed E-state index contributed by atoms with van der Waals surface area (Å²) in [5.74, 6) is -0.256. The van der Waals surface area contributed by atoms with E-state index >= 15 is 0 Å². The fraction of sp³-hybridized carbons (Fsp3) is 0.357. The quantitative estimate of drug-likeness (QED) is 0.468. The van der Waals surface area contributed by atoms with E-state index in [0.29, 0.717) is 17.1 Å². The second-order valence-electron chi connectivity index (χ2n) is 4.55. The zero-order valence-corrected chi connectivity index (χ0v) is 11.9. The maximum absolute atomic E-state index is 11.5. The van der Waals surface area contributed by atoms with Gasteiger partial charge in [-0.3, -0.25) is 9.59 Å². The number of methoxy groups -OCH3 is 2. The van der Waals surface area contributed by atoms with Crippen LogP contribution in [0, 0.1) is 0 Å². The molecule has 0 unspecified atom stereocenters. The molecule has 112 valence electrons. The molecular weight excluding hydrogens is 274 g/mol. The lowest BCUT2D eigenvalue weighted by Gasteiger charge is -2.06. The molecule has 0 atom stereocenters. The van der Waals surface area contributed by atoms with Crippen molar-refractivity contribution < 1.29 is 19.1 Å². The van der Waals surface area contributed by atoms with Gasteiger partial charge in [-0.25, -0.2) is 5.43 Å². The van der Waals surface area contributed by atoms with E-state index in [4.69, 9.17) is 9.47 Å². The van der Waals surface area contributed by atoms with Gasteiger partial charge < -0.3 is 14.8 Å². The second kappa shape index (κ2) is 6.74. The minimum atomic E-state index is -0.786. The number of hydrogen-bond donors (Lipinski definition) is 2. The molecule has 0 saturated heterocycles. The van der Waals surface area contributed by atoms with Gasteiger partial charge in [-0.1, -0.05) is 0 Å². The molecule has 2 amide bonds. The topological polar surface area (TPSA) is 89.0 Å². The standard InChI is InChI=1S/C14H17N3O4/c1-20-11-6-3-9(12(7-11)21-2)8-15-17-14(19)13(18)16-10-4-5-10/h3,6-8,10H,4-5H2,1-2H3,(H,16,18)(H,17,19)/b15-8-. The molecule has 2 N–H and O–H groups in total. The molecule has 0 heterocycles. The van der Waals surface area contributed by atoms with Crippen LogP contribution in [0.5, 0.6) is 11.5 Å². The molecular formula is C14H17N3O4. The van der Waals surface area contributed by atoms with Crippen molar-refractivity contribution >= 4 is 18.0 Å². The first-order valence-corrected chi connectivity index (χ1v) is 6.50. The molecule has 0 bridgehead atoms. The first-order valence-electron chi connectivity index (χ1n) is 6.50. The van der Waals surface area contributed by atoms with Crippen LogP contribution in [0.15, 0.2) is 23.3 Å². The number of carbonyl (C=O) groups is 2. The van der Waals surface area contributed by atoms with Gasteiger partial charge in [0.05, 0.1) is 20.4 Å².